The Labute approximate surface area is 114 Å². The molecule has 1 aromatic heterocycles. The highest BCUT2D eigenvalue weighted by molar-refractivity contribution is 6.29. The Kier molecular flexibility index (Phi) is 3.76. The minimum Gasteiger partial charge on any atom is -0.338 e. The lowest BCUT2D eigenvalue weighted by Crippen LogP contribution is -2.12. The summed E-state index contributed by atoms with van der Waals surface area (Å²) in [6, 6.07) is 3.43. The van der Waals surface area contributed by atoms with Gasteiger partial charge >= 0.3 is 6.18 Å². The molecule has 0 saturated heterocycles. The van der Waals surface area contributed by atoms with Crippen molar-refractivity contribution in [1.29, 1.82) is 0 Å². The third kappa shape index (κ3) is 3.32. The van der Waals surface area contributed by atoms with Crippen LogP contribution >= 0.6 is 11.6 Å². The summed E-state index contributed by atoms with van der Waals surface area (Å²) >= 11 is 5.43. The standard InChI is InChI=1S/C11H5ClF5N3/c12-8-4-9(20-10(19-8)11(15,16)17)18-7-3-5(13)1-2-6(7)14/h1-4H,(H,18,19,20). The van der Waals surface area contributed by atoms with E-state index in [1.165, 1.54) is 0 Å². The Balaban J connectivity index is 2.39. The topological polar surface area (TPSA) is 37.8 Å². The molecule has 1 aromatic carbocycles. The van der Waals surface area contributed by atoms with Crippen molar-refractivity contribution in [3.05, 3.63) is 46.9 Å². The average Bonchev–Trinajstić information content (AvgIpc) is 2.32. The minimum absolute atomic E-state index is 0.368. The molecule has 0 aliphatic rings. The van der Waals surface area contributed by atoms with Gasteiger partial charge in [0, 0.05) is 12.1 Å². The molecule has 0 bridgehead atoms. The van der Waals surface area contributed by atoms with Crippen LogP contribution < -0.4 is 5.32 Å². The van der Waals surface area contributed by atoms with E-state index in [0.717, 1.165) is 24.3 Å². The zero-order valence-electron chi connectivity index (χ0n) is 9.47. The first kappa shape index (κ1) is 14.4. The molecule has 106 valence electrons. The molecule has 0 aliphatic heterocycles. The van der Waals surface area contributed by atoms with E-state index < -0.39 is 34.6 Å². The number of nitrogens with one attached hydrogen (secondary N) is 1. The summed E-state index contributed by atoms with van der Waals surface area (Å²) in [6.07, 6.45) is -4.80. The van der Waals surface area contributed by atoms with Gasteiger partial charge in [-0.15, -0.1) is 0 Å². The fourth-order valence-electron chi connectivity index (χ4n) is 1.34. The van der Waals surface area contributed by atoms with Crippen LogP contribution in [0, 0.1) is 11.6 Å². The molecule has 0 amide bonds. The summed E-state index contributed by atoms with van der Waals surface area (Å²) in [4.78, 5) is 6.16. The molecule has 20 heavy (non-hydrogen) atoms. The lowest BCUT2D eigenvalue weighted by molar-refractivity contribution is -0.144. The van der Waals surface area contributed by atoms with E-state index in [4.69, 9.17) is 11.6 Å². The van der Waals surface area contributed by atoms with Crippen LogP contribution in [0.4, 0.5) is 33.5 Å². The molecule has 0 unspecified atom stereocenters. The lowest BCUT2D eigenvalue weighted by atomic mass is 10.3. The molecule has 2 aromatic rings. The van der Waals surface area contributed by atoms with E-state index in [-0.39, 0.29) is 5.69 Å². The molecule has 0 atom stereocenters. The Morgan fingerprint density at radius 3 is 2.40 bits per heavy atom. The molecule has 0 spiro atoms. The van der Waals surface area contributed by atoms with E-state index in [2.05, 4.69) is 15.3 Å². The molecule has 9 heteroatoms. The predicted octanol–water partition coefficient (Wildman–Crippen LogP) is 4.17. The highest BCUT2D eigenvalue weighted by Gasteiger charge is 2.35. The van der Waals surface area contributed by atoms with Crippen molar-refractivity contribution in [2.75, 3.05) is 5.32 Å². The molecular weight excluding hydrogens is 305 g/mol. The first-order valence-corrected chi connectivity index (χ1v) is 5.47. The lowest BCUT2D eigenvalue weighted by Gasteiger charge is -2.10. The third-order valence-electron chi connectivity index (χ3n) is 2.14. The van der Waals surface area contributed by atoms with E-state index >= 15 is 0 Å². The molecule has 2 rings (SSSR count). The van der Waals surface area contributed by atoms with Crippen molar-refractivity contribution < 1.29 is 22.0 Å². The molecule has 0 saturated carbocycles. The number of halogens is 6. The Morgan fingerprint density at radius 2 is 1.75 bits per heavy atom. The second kappa shape index (κ2) is 5.20. The van der Waals surface area contributed by atoms with Gasteiger partial charge in [-0.2, -0.15) is 13.2 Å². The zero-order chi connectivity index (χ0) is 14.9. The van der Waals surface area contributed by atoms with E-state index in [1.807, 2.05) is 0 Å². The van der Waals surface area contributed by atoms with Crippen molar-refractivity contribution in [2.24, 2.45) is 0 Å². The van der Waals surface area contributed by atoms with Gasteiger partial charge in [0.05, 0.1) is 5.69 Å². The summed E-state index contributed by atoms with van der Waals surface area (Å²) in [5.41, 5.74) is -0.368. The normalized spacial score (nSPS) is 11.5. The molecule has 1 N–H and O–H groups in total. The number of hydrogen-bond acceptors (Lipinski definition) is 3. The van der Waals surface area contributed by atoms with Gasteiger partial charge in [0.2, 0.25) is 5.82 Å². The number of hydrogen-bond donors (Lipinski definition) is 1. The van der Waals surface area contributed by atoms with Crippen molar-refractivity contribution in [3.8, 4) is 0 Å². The Hall–Kier alpha value is -1.96. The maximum absolute atomic E-state index is 13.4. The van der Waals surface area contributed by atoms with Gasteiger partial charge in [-0.05, 0) is 12.1 Å². The van der Waals surface area contributed by atoms with Crippen LogP contribution in [-0.4, -0.2) is 9.97 Å². The number of nitrogens with zero attached hydrogens (tertiary/aromatic N) is 2. The third-order valence-corrected chi connectivity index (χ3v) is 2.33. The van der Waals surface area contributed by atoms with Gasteiger partial charge in [-0.25, -0.2) is 18.7 Å². The molecule has 3 nitrogen and oxygen atoms in total. The van der Waals surface area contributed by atoms with Crippen LogP contribution in [0.1, 0.15) is 5.82 Å². The van der Waals surface area contributed by atoms with Gasteiger partial charge in [-0.3, -0.25) is 0 Å². The van der Waals surface area contributed by atoms with E-state index in [9.17, 15) is 22.0 Å². The highest BCUT2D eigenvalue weighted by Crippen LogP contribution is 2.29. The Bertz CT molecular complexity index is 644. The summed E-state index contributed by atoms with van der Waals surface area (Å²) in [6.45, 7) is 0. The predicted molar refractivity (Wildman–Crippen MR) is 61.7 cm³/mol. The maximum Gasteiger partial charge on any atom is 0.451 e. The first-order chi connectivity index (χ1) is 9.25. The molecule has 0 aliphatic carbocycles. The van der Waals surface area contributed by atoms with Gasteiger partial charge in [0.1, 0.15) is 22.6 Å². The van der Waals surface area contributed by atoms with Crippen molar-refractivity contribution in [3.63, 3.8) is 0 Å². The fourth-order valence-corrected chi connectivity index (χ4v) is 1.52. The van der Waals surface area contributed by atoms with Crippen LogP contribution in [0.25, 0.3) is 0 Å². The molecule has 0 fully saturated rings. The number of alkyl halides is 3. The quantitative estimate of drug-likeness (QED) is 0.668. The SMILES string of the molecule is Fc1ccc(F)c(Nc2cc(Cl)nc(C(F)(F)F)n2)c1. The number of rotatable bonds is 2. The van der Waals surface area contributed by atoms with Gasteiger partial charge < -0.3 is 5.32 Å². The van der Waals surface area contributed by atoms with Crippen LogP contribution in [0.5, 0.6) is 0 Å². The number of anilines is 2. The van der Waals surface area contributed by atoms with Crippen LogP contribution in [0.2, 0.25) is 5.15 Å². The second-order valence-electron chi connectivity index (χ2n) is 3.65. The number of benzene rings is 1. The Morgan fingerprint density at radius 1 is 1.05 bits per heavy atom. The number of aromatic nitrogens is 2. The fraction of sp³-hybridized carbons (Fsp3) is 0.0909. The van der Waals surface area contributed by atoms with E-state index in [0.29, 0.717) is 0 Å². The first-order valence-electron chi connectivity index (χ1n) is 5.09. The van der Waals surface area contributed by atoms with Gasteiger partial charge in [0.25, 0.3) is 0 Å². The summed E-state index contributed by atoms with van der Waals surface area (Å²) < 4.78 is 63.8. The van der Waals surface area contributed by atoms with Crippen molar-refractivity contribution >= 4 is 23.1 Å². The van der Waals surface area contributed by atoms with Crippen LogP contribution in [0.15, 0.2) is 24.3 Å². The second-order valence-corrected chi connectivity index (χ2v) is 4.03. The summed E-state index contributed by atoms with van der Waals surface area (Å²) in [5, 5.41) is 1.74. The summed E-state index contributed by atoms with van der Waals surface area (Å²) in [5.74, 6) is -3.49. The monoisotopic (exact) mass is 309 g/mol. The molecule has 1 heterocycles. The van der Waals surface area contributed by atoms with Crippen molar-refractivity contribution in [1.82, 2.24) is 9.97 Å². The van der Waals surface area contributed by atoms with Crippen molar-refractivity contribution in [2.45, 2.75) is 6.18 Å². The van der Waals surface area contributed by atoms with Gasteiger partial charge in [0.15, 0.2) is 0 Å². The van der Waals surface area contributed by atoms with E-state index in [1.54, 1.807) is 0 Å². The van der Waals surface area contributed by atoms with Crippen LogP contribution in [0.3, 0.4) is 0 Å². The summed E-state index contributed by atoms with van der Waals surface area (Å²) in [7, 11) is 0. The molecule has 0 radical (unpaired) electrons. The van der Waals surface area contributed by atoms with Gasteiger partial charge in [-0.1, -0.05) is 11.6 Å². The minimum atomic E-state index is -4.80. The largest absolute Gasteiger partial charge is 0.451 e. The maximum atomic E-state index is 13.4. The zero-order valence-corrected chi connectivity index (χ0v) is 10.2. The van der Waals surface area contributed by atoms with Crippen LogP contribution in [-0.2, 0) is 6.18 Å². The molecular formula is C11H5ClF5N3. The highest BCUT2D eigenvalue weighted by atomic mass is 35.5. The average molecular weight is 310 g/mol. The smallest absolute Gasteiger partial charge is 0.338 e.